The highest BCUT2D eigenvalue weighted by Gasteiger charge is 2.11. The van der Waals surface area contributed by atoms with Gasteiger partial charge in [0.05, 0.1) is 0 Å². The van der Waals surface area contributed by atoms with Gasteiger partial charge in [-0.25, -0.2) is 4.39 Å². The molecule has 0 aliphatic rings. The van der Waals surface area contributed by atoms with Crippen molar-refractivity contribution in [3.63, 3.8) is 0 Å². The Labute approximate surface area is 105 Å². The Bertz CT molecular complexity index is 450. The normalized spacial score (nSPS) is 14.5. The third-order valence-corrected chi connectivity index (χ3v) is 3.89. The topological polar surface area (TPSA) is 12.0 Å². The molecule has 1 nitrogen and oxygen atoms in total. The zero-order valence-electron chi connectivity index (χ0n) is 9.98. The number of rotatable bonds is 4. The molecule has 0 bridgehead atoms. The monoisotopic (exact) mass is 249 g/mol. The van der Waals surface area contributed by atoms with Crippen LogP contribution < -0.4 is 5.32 Å². The maximum absolute atomic E-state index is 12.8. The van der Waals surface area contributed by atoms with Gasteiger partial charge in [0, 0.05) is 17.0 Å². The third-order valence-electron chi connectivity index (χ3n) is 2.84. The molecule has 1 aromatic heterocycles. The van der Waals surface area contributed by atoms with Crippen LogP contribution in [0.1, 0.15) is 36.4 Å². The van der Waals surface area contributed by atoms with Gasteiger partial charge in [-0.2, -0.15) is 0 Å². The molecule has 3 heteroatoms. The van der Waals surface area contributed by atoms with Crippen molar-refractivity contribution < 1.29 is 4.39 Å². The van der Waals surface area contributed by atoms with Crippen molar-refractivity contribution in [2.75, 3.05) is 0 Å². The Morgan fingerprint density at radius 3 is 2.35 bits per heavy atom. The Morgan fingerprint density at radius 2 is 1.76 bits per heavy atom. The predicted octanol–water partition coefficient (Wildman–Crippen LogP) is 4.30. The lowest BCUT2D eigenvalue weighted by Crippen LogP contribution is -2.21. The fraction of sp³-hybridized carbons (Fsp3) is 0.286. The number of hydrogen-bond acceptors (Lipinski definition) is 2. The first-order valence-corrected chi connectivity index (χ1v) is 6.59. The van der Waals surface area contributed by atoms with Crippen LogP contribution in [0.5, 0.6) is 0 Å². The molecule has 1 heterocycles. The van der Waals surface area contributed by atoms with E-state index in [4.69, 9.17) is 0 Å². The Balaban J connectivity index is 2.01. The summed E-state index contributed by atoms with van der Waals surface area (Å²) in [6.45, 7) is 4.24. The lowest BCUT2D eigenvalue weighted by molar-refractivity contribution is 0.499. The minimum absolute atomic E-state index is 0.188. The maximum Gasteiger partial charge on any atom is 0.123 e. The molecule has 17 heavy (non-hydrogen) atoms. The van der Waals surface area contributed by atoms with Gasteiger partial charge in [0.25, 0.3) is 0 Å². The van der Waals surface area contributed by atoms with Crippen molar-refractivity contribution in [1.82, 2.24) is 5.32 Å². The summed E-state index contributed by atoms with van der Waals surface area (Å²) in [4.78, 5) is 1.32. The second kappa shape index (κ2) is 5.43. The summed E-state index contributed by atoms with van der Waals surface area (Å²) in [5.41, 5.74) is 1.11. The smallest absolute Gasteiger partial charge is 0.123 e. The summed E-state index contributed by atoms with van der Waals surface area (Å²) in [5, 5.41) is 5.59. The molecule has 0 aliphatic carbocycles. The molecule has 0 saturated carbocycles. The number of thiophene rings is 1. The quantitative estimate of drug-likeness (QED) is 0.852. The van der Waals surface area contributed by atoms with E-state index in [-0.39, 0.29) is 11.9 Å². The zero-order valence-corrected chi connectivity index (χ0v) is 10.8. The van der Waals surface area contributed by atoms with E-state index in [2.05, 4.69) is 36.7 Å². The van der Waals surface area contributed by atoms with Crippen LogP contribution in [0.25, 0.3) is 0 Å². The van der Waals surface area contributed by atoms with Crippen molar-refractivity contribution >= 4 is 11.3 Å². The van der Waals surface area contributed by atoms with E-state index < -0.39 is 0 Å². The SMILES string of the molecule is CC(N[C@H](C)c1ccc(F)cc1)c1cccs1. The summed E-state index contributed by atoms with van der Waals surface area (Å²) in [6.07, 6.45) is 0. The summed E-state index contributed by atoms with van der Waals surface area (Å²) in [6, 6.07) is 11.4. The molecule has 1 aromatic carbocycles. The summed E-state index contributed by atoms with van der Waals surface area (Å²) < 4.78 is 12.8. The van der Waals surface area contributed by atoms with E-state index in [0.29, 0.717) is 6.04 Å². The van der Waals surface area contributed by atoms with Gasteiger partial charge >= 0.3 is 0 Å². The Morgan fingerprint density at radius 1 is 1.06 bits per heavy atom. The minimum atomic E-state index is -0.188. The molecule has 1 N–H and O–H groups in total. The standard InChI is InChI=1S/C14H16FNS/c1-10(12-5-7-13(15)8-6-12)16-11(2)14-4-3-9-17-14/h3-11,16H,1-2H3/t10-,11?/m1/s1. The van der Waals surface area contributed by atoms with Gasteiger partial charge in [-0.15, -0.1) is 11.3 Å². The van der Waals surface area contributed by atoms with Gasteiger partial charge in [-0.3, -0.25) is 0 Å². The molecule has 2 rings (SSSR count). The van der Waals surface area contributed by atoms with Crippen LogP contribution in [0.4, 0.5) is 4.39 Å². The minimum Gasteiger partial charge on any atom is -0.303 e. The highest BCUT2D eigenvalue weighted by Crippen LogP contribution is 2.22. The number of benzene rings is 1. The molecular formula is C14H16FNS. The second-order valence-electron chi connectivity index (χ2n) is 4.18. The van der Waals surface area contributed by atoms with Crippen LogP contribution in [0.2, 0.25) is 0 Å². The molecular weight excluding hydrogens is 233 g/mol. The van der Waals surface area contributed by atoms with Gasteiger partial charge in [0.15, 0.2) is 0 Å². The van der Waals surface area contributed by atoms with Crippen molar-refractivity contribution in [2.24, 2.45) is 0 Å². The van der Waals surface area contributed by atoms with Crippen LogP contribution in [-0.4, -0.2) is 0 Å². The van der Waals surface area contributed by atoms with Gasteiger partial charge in [-0.05, 0) is 43.0 Å². The molecule has 90 valence electrons. The van der Waals surface area contributed by atoms with Crippen LogP contribution in [-0.2, 0) is 0 Å². The fourth-order valence-corrected chi connectivity index (χ4v) is 2.59. The lowest BCUT2D eigenvalue weighted by atomic mass is 10.1. The van der Waals surface area contributed by atoms with E-state index in [9.17, 15) is 4.39 Å². The van der Waals surface area contributed by atoms with Gasteiger partial charge in [-0.1, -0.05) is 18.2 Å². The largest absolute Gasteiger partial charge is 0.303 e. The van der Waals surface area contributed by atoms with Crippen LogP contribution >= 0.6 is 11.3 Å². The molecule has 2 atom stereocenters. The van der Waals surface area contributed by atoms with E-state index >= 15 is 0 Å². The van der Waals surface area contributed by atoms with Gasteiger partial charge < -0.3 is 5.32 Å². The molecule has 0 saturated heterocycles. The molecule has 0 amide bonds. The second-order valence-corrected chi connectivity index (χ2v) is 5.16. The maximum atomic E-state index is 12.8. The summed E-state index contributed by atoms with van der Waals surface area (Å²) in [7, 11) is 0. The summed E-state index contributed by atoms with van der Waals surface area (Å²) in [5.74, 6) is -0.188. The summed E-state index contributed by atoms with van der Waals surface area (Å²) >= 11 is 1.75. The van der Waals surface area contributed by atoms with Crippen molar-refractivity contribution in [3.8, 4) is 0 Å². The van der Waals surface area contributed by atoms with Crippen molar-refractivity contribution in [2.45, 2.75) is 25.9 Å². The van der Waals surface area contributed by atoms with Gasteiger partial charge in [0.2, 0.25) is 0 Å². The van der Waals surface area contributed by atoms with Crippen LogP contribution in [0, 0.1) is 5.82 Å². The molecule has 0 spiro atoms. The van der Waals surface area contributed by atoms with E-state index in [1.165, 1.54) is 17.0 Å². The average molecular weight is 249 g/mol. The van der Waals surface area contributed by atoms with Gasteiger partial charge in [0.1, 0.15) is 5.82 Å². The fourth-order valence-electron chi connectivity index (χ4n) is 1.84. The van der Waals surface area contributed by atoms with E-state index in [1.807, 2.05) is 12.1 Å². The van der Waals surface area contributed by atoms with Crippen LogP contribution in [0.3, 0.4) is 0 Å². The number of nitrogens with one attached hydrogen (secondary N) is 1. The Hall–Kier alpha value is -1.19. The predicted molar refractivity (Wildman–Crippen MR) is 70.7 cm³/mol. The van der Waals surface area contributed by atoms with Crippen molar-refractivity contribution in [1.29, 1.82) is 0 Å². The van der Waals surface area contributed by atoms with E-state index in [1.54, 1.807) is 11.3 Å². The molecule has 1 unspecified atom stereocenters. The highest BCUT2D eigenvalue weighted by atomic mass is 32.1. The number of hydrogen-bond donors (Lipinski definition) is 1. The highest BCUT2D eigenvalue weighted by molar-refractivity contribution is 7.10. The molecule has 0 radical (unpaired) electrons. The third kappa shape index (κ3) is 3.14. The number of halogens is 1. The average Bonchev–Trinajstić information content (AvgIpc) is 2.83. The Kier molecular flexibility index (Phi) is 3.92. The first-order chi connectivity index (χ1) is 8.16. The molecule has 0 fully saturated rings. The zero-order chi connectivity index (χ0) is 12.3. The van der Waals surface area contributed by atoms with Crippen LogP contribution in [0.15, 0.2) is 41.8 Å². The van der Waals surface area contributed by atoms with E-state index in [0.717, 1.165) is 5.56 Å². The van der Waals surface area contributed by atoms with Crippen molar-refractivity contribution in [3.05, 3.63) is 58.0 Å². The molecule has 0 aliphatic heterocycles. The first-order valence-electron chi connectivity index (χ1n) is 5.71. The lowest BCUT2D eigenvalue weighted by Gasteiger charge is -2.19. The molecule has 2 aromatic rings. The first kappa shape index (κ1) is 12.3.